The van der Waals surface area contributed by atoms with Gasteiger partial charge in [0.25, 0.3) is 0 Å². The summed E-state index contributed by atoms with van der Waals surface area (Å²) in [7, 11) is 0. The van der Waals surface area contributed by atoms with Gasteiger partial charge in [-0.1, -0.05) is 49.7 Å². The molecule has 3 rings (SSSR count). The number of hydrogen-bond donors (Lipinski definition) is 2. The third-order valence-electron chi connectivity index (χ3n) is 5.04. The van der Waals surface area contributed by atoms with E-state index in [4.69, 9.17) is 11.6 Å². The molecular formula is C22H25ClN2O2. The highest BCUT2D eigenvalue weighted by atomic mass is 35.5. The second kappa shape index (κ2) is 8.13. The fraction of sp³-hybridized carbons (Fsp3) is 0.364. The van der Waals surface area contributed by atoms with Crippen molar-refractivity contribution in [2.45, 2.75) is 39.0 Å². The van der Waals surface area contributed by atoms with Crippen molar-refractivity contribution in [3.63, 3.8) is 0 Å². The van der Waals surface area contributed by atoms with E-state index >= 15 is 0 Å². The van der Waals surface area contributed by atoms with E-state index in [-0.39, 0.29) is 11.8 Å². The number of hydrogen-bond acceptors (Lipinski definition) is 2. The fourth-order valence-corrected chi connectivity index (χ4v) is 3.28. The molecule has 2 amide bonds. The smallest absolute Gasteiger partial charge is 0.240 e. The number of anilines is 1. The Kier molecular flexibility index (Phi) is 5.85. The average molecular weight is 385 g/mol. The molecule has 1 aliphatic rings. The Labute approximate surface area is 165 Å². The third-order valence-corrected chi connectivity index (χ3v) is 5.28. The van der Waals surface area contributed by atoms with E-state index in [2.05, 4.69) is 24.5 Å². The molecule has 5 heteroatoms. The highest BCUT2D eigenvalue weighted by molar-refractivity contribution is 6.30. The van der Waals surface area contributed by atoms with Crippen LogP contribution in [0.25, 0.3) is 0 Å². The molecule has 0 atom stereocenters. The van der Waals surface area contributed by atoms with E-state index in [0.717, 1.165) is 11.3 Å². The van der Waals surface area contributed by atoms with E-state index in [9.17, 15) is 9.59 Å². The first-order valence-corrected chi connectivity index (χ1v) is 9.73. The Hall–Kier alpha value is -2.33. The van der Waals surface area contributed by atoms with Gasteiger partial charge in [0.05, 0.1) is 0 Å². The van der Waals surface area contributed by atoms with Gasteiger partial charge in [0.2, 0.25) is 11.8 Å². The summed E-state index contributed by atoms with van der Waals surface area (Å²) in [6.45, 7) is 4.73. The van der Waals surface area contributed by atoms with Crippen LogP contribution in [-0.4, -0.2) is 18.4 Å². The molecule has 1 aliphatic carbocycles. The number of carbonyl (C=O) groups is 2. The van der Waals surface area contributed by atoms with Crippen LogP contribution in [0.5, 0.6) is 0 Å². The van der Waals surface area contributed by atoms with Crippen molar-refractivity contribution in [3.8, 4) is 0 Å². The summed E-state index contributed by atoms with van der Waals surface area (Å²) in [6, 6.07) is 15.4. The monoisotopic (exact) mass is 384 g/mol. The number of amides is 2. The molecule has 27 heavy (non-hydrogen) atoms. The third kappa shape index (κ3) is 4.69. The predicted octanol–water partition coefficient (Wildman–Crippen LogP) is 4.54. The molecule has 142 valence electrons. The molecule has 0 spiro atoms. The van der Waals surface area contributed by atoms with Gasteiger partial charge in [-0.15, -0.1) is 0 Å². The van der Waals surface area contributed by atoms with Crippen LogP contribution in [0, 0.1) is 5.41 Å². The van der Waals surface area contributed by atoms with Gasteiger partial charge >= 0.3 is 0 Å². The van der Waals surface area contributed by atoms with Gasteiger partial charge in [-0.05, 0) is 60.6 Å². The standard InChI is InChI=1S/C22H25ClN2O2/c1-15(2)17-6-8-19(9-7-17)25-21(27)22(11-12-22)20(26)24-13-10-16-4-3-5-18(23)14-16/h3-9,14-15H,10-13H2,1-2H3,(H,24,26)(H,25,27). The number of halogens is 1. The first-order valence-electron chi connectivity index (χ1n) is 9.35. The Morgan fingerprint density at radius 1 is 1.07 bits per heavy atom. The second-order valence-corrected chi connectivity index (χ2v) is 7.89. The molecule has 0 bridgehead atoms. The minimum Gasteiger partial charge on any atom is -0.355 e. The summed E-state index contributed by atoms with van der Waals surface area (Å²) in [5.41, 5.74) is 2.07. The summed E-state index contributed by atoms with van der Waals surface area (Å²) >= 11 is 5.97. The van der Waals surface area contributed by atoms with Crippen molar-refractivity contribution in [1.29, 1.82) is 0 Å². The van der Waals surface area contributed by atoms with Crippen LogP contribution >= 0.6 is 11.6 Å². The average Bonchev–Trinajstić information content (AvgIpc) is 3.44. The van der Waals surface area contributed by atoms with Crippen molar-refractivity contribution in [2.24, 2.45) is 5.41 Å². The molecule has 2 N–H and O–H groups in total. The fourth-order valence-electron chi connectivity index (χ4n) is 3.07. The number of nitrogens with one attached hydrogen (secondary N) is 2. The van der Waals surface area contributed by atoms with E-state index in [1.165, 1.54) is 5.56 Å². The van der Waals surface area contributed by atoms with Crippen LogP contribution in [-0.2, 0) is 16.0 Å². The van der Waals surface area contributed by atoms with Crippen LogP contribution in [0.3, 0.4) is 0 Å². The first kappa shape index (κ1) is 19.4. The molecule has 0 unspecified atom stereocenters. The molecule has 1 fully saturated rings. The van der Waals surface area contributed by atoms with Crippen LogP contribution in [0.2, 0.25) is 5.02 Å². The molecule has 4 nitrogen and oxygen atoms in total. The van der Waals surface area contributed by atoms with Gasteiger partial charge in [-0.3, -0.25) is 9.59 Å². The van der Waals surface area contributed by atoms with Crippen LogP contribution in [0.15, 0.2) is 48.5 Å². The minimum absolute atomic E-state index is 0.194. The Morgan fingerprint density at radius 2 is 1.78 bits per heavy atom. The van der Waals surface area contributed by atoms with Crippen LogP contribution in [0.1, 0.15) is 43.7 Å². The first-order chi connectivity index (χ1) is 12.9. The normalized spacial score (nSPS) is 14.7. The quantitative estimate of drug-likeness (QED) is 0.688. The zero-order chi connectivity index (χ0) is 19.4. The minimum atomic E-state index is -0.926. The summed E-state index contributed by atoms with van der Waals surface area (Å²) in [4.78, 5) is 25.2. The molecule has 1 saturated carbocycles. The van der Waals surface area contributed by atoms with Crippen molar-refractivity contribution in [3.05, 3.63) is 64.7 Å². The number of benzene rings is 2. The Balaban J connectivity index is 1.53. The maximum atomic E-state index is 12.6. The number of rotatable bonds is 7. The topological polar surface area (TPSA) is 58.2 Å². The highest BCUT2D eigenvalue weighted by Crippen LogP contribution is 2.46. The van der Waals surface area contributed by atoms with Crippen molar-refractivity contribution in [1.82, 2.24) is 5.32 Å². The molecular weight excluding hydrogens is 360 g/mol. The molecule has 0 saturated heterocycles. The lowest BCUT2D eigenvalue weighted by Gasteiger charge is -2.16. The molecule has 0 aromatic heterocycles. The summed E-state index contributed by atoms with van der Waals surface area (Å²) in [5.74, 6) is 0.0238. The number of carbonyl (C=O) groups excluding carboxylic acids is 2. The molecule has 0 heterocycles. The Morgan fingerprint density at radius 3 is 2.37 bits per heavy atom. The van der Waals surface area contributed by atoms with Gasteiger partial charge < -0.3 is 10.6 Å². The second-order valence-electron chi connectivity index (χ2n) is 7.45. The van der Waals surface area contributed by atoms with E-state index in [1.807, 2.05) is 48.5 Å². The lowest BCUT2D eigenvalue weighted by molar-refractivity contribution is -0.134. The van der Waals surface area contributed by atoms with Gasteiger partial charge in [-0.2, -0.15) is 0 Å². The van der Waals surface area contributed by atoms with Crippen LogP contribution in [0.4, 0.5) is 5.69 Å². The van der Waals surface area contributed by atoms with E-state index in [0.29, 0.717) is 36.7 Å². The zero-order valence-electron chi connectivity index (χ0n) is 15.7. The van der Waals surface area contributed by atoms with Crippen LogP contribution < -0.4 is 10.6 Å². The largest absolute Gasteiger partial charge is 0.355 e. The SMILES string of the molecule is CC(C)c1ccc(NC(=O)C2(C(=O)NCCc3cccc(Cl)c3)CC2)cc1. The van der Waals surface area contributed by atoms with Gasteiger partial charge in [0.1, 0.15) is 5.41 Å². The maximum absolute atomic E-state index is 12.6. The maximum Gasteiger partial charge on any atom is 0.240 e. The molecule has 0 aliphatic heterocycles. The lowest BCUT2D eigenvalue weighted by Crippen LogP contribution is -2.40. The van der Waals surface area contributed by atoms with Gasteiger partial charge in [0.15, 0.2) is 0 Å². The van der Waals surface area contributed by atoms with Crippen molar-refractivity contribution in [2.75, 3.05) is 11.9 Å². The summed E-state index contributed by atoms with van der Waals surface area (Å²) < 4.78 is 0. The van der Waals surface area contributed by atoms with Crippen molar-refractivity contribution >= 4 is 29.1 Å². The summed E-state index contributed by atoms with van der Waals surface area (Å²) in [6.07, 6.45) is 1.86. The van der Waals surface area contributed by atoms with Gasteiger partial charge in [0, 0.05) is 17.3 Å². The van der Waals surface area contributed by atoms with Crippen molar-refractivity contribution < 1.29 is 9.59 Å². The predicted molar refractivity (Wildman–Crippen MR) is 109 cm³/mol. The summed E-state index contributed by atoms with van der Waals surface area (Å²) in [5, 5.41) is 6.47. The zero-order valence-corrected chi connectivity index (χ0v) is 16.5. The highest BCUT2D eigenvalue weighted by Gasteiger charge is 2.56. The molecule has 2 aromatic rings. The molecule has 0 radical (unpaired) electrons. The van der Waals surface area contributed by atoms with E-state index in [1.54, 1.807) is 0 Å². The molecule has 2 aromatic carbocycles. The van der Waals surface area contributed by atoms with Gasteiger partial charge in [-0.25, -0.2) is 0 Å². The Bertz CT molecular complexity index is 826. The van der Waals surface area contributed by atoms with E-state index < -0.39 is 5.41 Å². The lowest BCUT2D eigenvalue weighted by atomic mass is 10.0.